The van der Waals surface area contributed by atoms with Gasteiger partial charge < -0.3 is 9.84 Å². The van der Waals surface area contributed by atoms with Crippen LogP contribution >= 0.6 is 0 Å². The Labute approximate surface area is 89.9 Å². The van der Waals surface area contributed by atoms with Crippen LogP contribution in [0.1, 0.15) is 40.0 Å². The van der Waals surface area contributed by atoms with Gasteiger partial charge in [-0.25, -0.2) is 9.59 Å². The molecule has 0 fully saturated rings. The molecule has 0 heterocycles. The molecule has 0 aromatic rings. The van der Waals surface area contributed by atoms with Crippen molar-refractivity contribution < 1.29 is 19.4 Å². The van der Waals surface area contributed by atoms with Crippen molar-refractivity contribution in [2.24, 2.45) is 0 Å². The number of ether oxygens (including phenoxy) is 1. The Balaban J connectivity index is 4.50. The smallest absolute Gasteiger partial charge is 0.345 e. The number of carboxylic acid groups (broad SMARTS) is 1. The number of unbranched alkanes of at least 4 members (excludes halogenated alkanes) is 1. The van der Waals surface area contributed by atoms with Crippen molar-refractivity contribution in [3.63, 3.8) is 0 Å². The molecule has 0 rings (SSSR count). The van der Waals surface area contributed by atoms with Gasteiger partial charge in [-0.2, -0.15) is 0 Å². The second-order valence-electron chi connectivity index (χ2n) is 3.34. The Kier molecular flexibility index (Phi) is 6.42. The van der Waals surface area contributed by atoms with Gasteiger partial charge in [-0.15, -0.1) is 0 Å². The van der Waals surface area contributed by atoms with Crippen molar-refractivity contribution in [1.29, 1.82) is 0 Å². The van der Waals surface area contributed by atoms with Crippen LogP contribution in [0.4, 0.5) is 0 Å². The number of carbonyl (C=O) groups excluding carboxylic acids is 1. The van der Waals surface area contributed by atoms with E-state index in [0.717, 1.165) is 6.42 Å². The summed E-state index contributed by atoms with van der Waals surface area (Å²) in [5, 5.41) is 8.79. The first-order valence-corrected chi connectivity index (χ1v) is 5.17. The molecule has 1 atom stereocenters. The molecule has 0 aliphatic rings. The van der Waals surface area contributed by atoms with Crippen molar-refractivity contribution in [2.75, 3.05) is 0 Å². The highest BCUT2D eigenvalue weighted by Crippen LogP contribution is 2.06. The largest absolute Gasteiger partial charge is 0.477 e. The number of allylic oxidation sites excluding steroid dienone is 1. The zero-order chi connectivity index (χ0) is 11.8. The summed E-state index contributed by atoms with van der Waals surface area (Å²) in [6.45, 7) is 5.52. The standard InChI is InChI=1S/C11H18O4/c1-4-6-7-9(10(12)13)11(14)15-8(3)5-2/h7-8H,4-6H2,1-3H3,(H,12,13). The van der Waals surface area contributed by atoms with Crippen LogP contribution in [0, 0.1) is 0 Å². The van der Waals surface area contributed by atoms with Gasteiger partial charge in [-0.05, 0) is 19.8 Å². The lowest BCUT2D eigenvalue weighted by Gasteiger charge is -2.10. The van der Waals surface area contributed by atoms with Gasteiger partial charge in [-0.1, -0.05) is 26.3 Å². The molecule has 15 heavy (non-hydrogen) atoms. The fourth-order valence-electron chi connectivity index (χ4n) is 0.876. The summed E-state index contributed by atoms with van der Waals surface area (Å²) in [5.41, 5.74) is -0.267. The lowest BCUT2D eigenvalue weighted by atomic mass is 10.2. The summed E-state index contributed by atoms with van der Waals surface area (Å²) in [7, 11) is 0. The minimum atomic E-state index is -1.23. The average Bonchev–Trinajstić information content (AvgIpc) is 2.17. The summed E-state index contributed by atoms with van der Waals surface area (Å²) in [6.07, 6.45) is 3.20. The Hall–Kier alpha value is -1.32. The summed E-state index contributed by atoms with van der Waals surface area (Å²) in [6, 6.07) is 0. The molecule has 1 unspecified atom stereocenters. The average molecular weight is 214 g/mol. The highest BCUT2D eigenvalue weighted by Gasteiger charge is 2.19. The maximum absolute atomic E-state index is 11.4. The van der Waals surface area contributed by atoms with Crippen molar-refractivity contribution in [1.82, 2.24) is 0 Å². The third-order valence-electron chi connectivity index (χ3n) is 1.97. The van der Waals surface area contributed by atoms with E-state index in [0.29, 0.717) is 12.8 Å². The molecule has 0 aliphatic carbocycles. The van der Waals surface area contributed by atoms with E-state index in [1.807, 2.05) is 13.8 Å². The van der Waals surface area contributed by atoms with Crippen LogP contribution in [-0.4, -0.2) is 23.1 Å². The van der Waals surface area contributed by atoms with Gasteiger partial charge in [0.1, 0.15) is 5.57 Å². The minimum Gasteiger partial charge on any atom is -0.477 e. The number of carboxylic acids is 1. The predicted molar refractivity (Wildman–Crippen MR) is 56.5 cm³/mol. The lowest BCUT2D eigenvalue weighted by Crippen LogP contribution is -2.20. The Bertz CT molecular complexity index is 255. The fourth-order valence-corrected chi connectivity index (χ4v) is 0.876. The van der Waals surface area contributed by atoms with Gasteiger partial charge in [0.2, 0.25) is 0 Å². The Morgan fingerprint density at radius 3 is 2.40 bits per heavy atom. The van der Waals surface area contributed by atoms with E-state index in [-0.39, 0.29) is 11.7 Å². The highest BCUT2D eigenvalue weighted by atomic mass is 16.5. The first-order chi connectivity index (χ1) is 7.02. The van der Waals surface area contributed by atoms with Crippen molar-refractivity contribution in [3.8, 4) is 0 Å². The molecular formula is C11H18O4. The third kappa shape index (κ3) is 5.20. The lowest BCUT2D eigenvalue weighted by molar-refractivity contribution is -0.147. The van der Waals surface area contributed by atoms with Crippen LogP contribution in [0.5, 0.6) is 0 Å². The van der Waals surface area contributed by atoms with Gasteiger partial charge in [0.05, 0.1) is 6.10 Å². The predicted octanol–water partition coefficient (Wildman–Crippen LogP) is 2.14. The van der Waals surface area contributed by atoms with E-state index in [1.165, 1.54) is 6.08 Å². The summed E-state index contributed by atoms with van der Waals surface area (Å²) < 4.78 is 4.93. The SMILES string of the molecule is CCCC=C(C(=O)O)C(=O)OC(C)CC. The molecule has 0 bridgehead atoms. The maximum atomic E-state index is 11.4. The highest BCUT2D eigenvalue weighted by molar-refractivity contribution is 6.13. The van der Waals surface area contributed by atoms with E-state index in [1.54, 1.807) is 6.92 Å². The van der Waals surface area contributed by atoms with Crippen LogP contribution < -0.4 is 0 Å². The normalized spacial score (nSPS) is 13.4. The Morgan fingerprint density at radius 2 is 2.00 bits per heavy atom. The molecule has 0 aromatic heterocycles. The molecule has 0 saturated carbocycles. The molecule has 0 saturated heterocycles. The molecule has 1 N–H and O–H groups in total. The molecule has 0 amide bonds. The van der Waals surface area contributed by atoms with Gasteiger partial charge in [0, 0.05) is 0 Å². The van der Waals surface area contributed by atoms with Gasteiger partial charge >= 0.3 is 11.9 Å². The summed E-state index contributed by atoms with van der Waals surface area (Å²) in [4.78, 5) is 22.1. The van der Waals surface area contributed by atoms with E-state index in [4.69, 9.17) is 9.84 Å². The van der Waals surface area contributed by atoms with Crippen molar-refractivity contribution >= 4 is 11.9 Å². The van der Waals surface area contributed by atoms with E-state index < -0.39 is 11.9 Å². The van der Waals surface area contributed by atoms with Crippen LogP contribution in [0.15, 0.2) is 11.6 Å². The zero-order valence-corrected chi connectivity index (χ0v) is 9.45. The van der Waals surface area contributed by atoms with Crippen LogP contribution in [-0.2, 0) is 14.3 Å². The monoisotopic (exact) mass is 214 g/mol. The molecular weight excluding hydrogens is 196 g/mol. The van der Waals surface area contributed by atoms with Gasteiger partial charge in [-0.3, -0.25) is 0 Å². The number of carbonyl (C=O) groups is 2. The summed E-state index contributed by atoms with van der Waals surface area (Å²) >= 11 is 0. The zero-order valence-electron chi connectivity index (χ0n) is 9.45. The molecule has 0 aliphatic heterocycles. The maximum Gasteiger partial charge on any atom is 0.345 e. The quantitative estimate of drug-likeness (QED) is 0.318. The molecule has 4 heteroatoms. The van der Waals surface area contributed by atoms with Gasteiger partial charge in [0.15, 0.2) is 0 Å². The van der Waals surface area contributed by atoms with Crippen LogP contribution in [0.3, 0.4) is 0 Å². The minimum absolute atomic E-state index is 0.248. The van der Waals surface area contributed by atoms with Crippen LogP contribution in [0.25, 0.3) is 0 Å². The number of aliphatic carboxylic acids is 1. The van der Waals surface area contributed by atoms with E-state index >= 15 is 0 Å². The number of esters is 1. The Morgan fingerprint density at radius 1 is 1.40 bits per heavy atom. The summed E-state index contributed by atoms with van der Waals surface area (Å²) in [5.74, 6) is -1.97. The second kappa shape index (κ2) is 7.04. The van der Waals surface area contributed by atoms with E-state index in [9.17, 15) is 9.59 Å². The molecule has 0 radical (unpaired) electrons. The number of hydrogen-bond donors (Lipinski definition) is 1. The number of hydrogen-bond acceptors (Lipinski definition) is 3. The fraction of sp³-hybridized carbons (Fsp3) is 0.636. The molecule has 0 aromatic carbocycles. The van der Waals surface area contributed by atoms with Crippen molar-refractivity contribution in [2.45, 2.75) is 46.1 Å². The second-order valence-corrected chi connectivity index (χ2v) is 3.34. The molecule has 0 spiro atoms. The third-order valence-corrected chi connectivity index (χ3v) is 1.97. The van der Waals surface area contributed by atoms with Gasteiger partial charge in [0.25, 0.3) is 0 Å². The van der Waals surface area contributed by atoms with Crippen molar-refractivity contribution in [3.05, 3.63) is 11.6 Å². The first-order valence-electron chi connectivity index (χ1n) is 5.17. The topological polar surface area (TPSA) is 63.6 Å². The van der Waals surface area contributed by atoms with E-state index in [2.05, 4.69) is 0 Å². The molecule has 4 nitrogen and oxygen atoms in total. The molecule has 86 valence electrons. The first kappa shape index (κ1) is 13.7. The number of rotatable bonds is 6. The van der Waals surface area contributed by atoms with Crippen LogP contribution in [0.2, 0.25) is 0 Å².